The molecule has 0 spiro atoms. The zero-order chi connectivity index (χ0) is 12.5. The van der Waals surface area contributed by atoms with Gasteiger partial charge in [0, 0.05) is 11.9 Å². The van der Waals surface area contributed by atoms with E-state index in [4.69, 9.17) is 0 Å². The SMILES string of the molecule is CCc1cc(C(=O)NC2(CBr)CC2)n(CC)n1. The van der Waals surface area contributed by atoms with E-state index in [1.807, 2.05) is 19.9 Å². The van der Waals surface area contributed by atoms with Gasteiger partial charge in [-0.05, 0) is 32.3 Å². The van der Waals surface area contributed by atoms with Crippen LogP contribution in [0.15, 0.2) is 6.07 Å². The molecule has 0 aromatic carbocycles. The molecule has 1 aliphatic carbocycles. The molecule has 0 saturated heterocycles. The highest BCUT2D eigenvalue weighted by atomic mass is 79.9. The van der Waals surface area contributed by atoms with Gasteiger partial charge in [-0.2, -0.15) is 5.10 Å². The molecule has 1 saturated carbocycles. The topological polar surface area (TPSA) is 46.9 Å². The Balaban J connectivity index is 2.15. The monoisotopic (exact) mass is 299 g/mol. The van der Waals surface area contributed by atoms with E-state index < -0.39 is 0 Å². The fourth-order valence-corrected chi connectivity index (χ4v) is 2.52. The van der Waals surface area contributed by atoms with E-state index in [1.165, 1.54) is 0 Å². The second-order valence-electron chi connectivity index (χ2n) is 4.56. The molecule has 5 heteroatoms. The third kappa shape index (κ3) is 2.54. The van der Waals surface area contributed by atoms with Crippen LogP contribution in [0, 0.1) is 0 Å². The van der Waals surface area contributed by atoms with Crippen LogP contribution in [0.1, 0.15) is 42.9 Å². The maximum absolute atomic E-state index is 12.2. The molecule has 1 heterocycles. The normalized spacial score (nSPS) is 16.9. The Hall–Kier alpha value is -0.840. The Morgan fingerprint density at radius 2 is 2.29 bits per heavy atom. The maximum atomic E-state index is 12.2. The number of nitrogens with zero attached hydrogens (tertiary/aromatic N) is 2. The van der Waals surface area contributed by atoms with E-state index in [0.29, 0.717) is 5.69 Å². The zero-order valence-corrected chi connectivity index (χ0v) is 11.9. The molecule has 1 aromatic heterocycles. The number of carbonyl (C=O) groups is 1. The summed E-state index contributed by atoms with van der Waals surface area (Å²) < 4.78 is 1.78. The van der Waals surface area contributed by atoms with Gasteiger partial charge in [0.15, 0.2) is 0 Å². The molecule has 1 amide bonds. The van der Waals surface area contributed by atoms with Crippen LogP contribution < -0.4 is 5.32 Å². The number of carbonyl (C=O) groups excluding carboxylic acids is 1. The summed E-state index contributed by atoms with van der Waals surface area (Å²) in [5.41, 5.74) is 1.64. The first-order valence-corrected chi connectivity index (χ1v) is 7.21. The van der Waals surface area contributed by atoms with E-state index >= 15 is 0 Å². The summed E-state index contributed by atoms with van der Waals surface area (Å²) in [5, 5.41) is 8.31. The van der Waals surface area contributed by atoms with Gasteiger partial charge in [-0.15, -0.1) is 0 Å². The first kappa shape index (κ1) is 12.6. The molecule has 1 N–H and O–H groups in total. The van der Waals surface area contributed by atoms with Gasteiger partial charge in [-0.25, -0.2) is 0 Å². The third-order valence-electron chi connectivity index (χ3n) is 3.21. The number of nitrogens with one attached hydrogen (secondary N) is 1. The number of amides is 1. The number of rotatable bonds is 5. The predicted molar refractivity (Wildman–Crippen MR) is 70.5 cm³/mol. The van der Waals surface area contributed by atoms with Gasteiger partial charge in [0.05, 0.1) is 11.2 Å². The standard InChI is InChI=1S/C12H18BrN3O/c1-3-9-7-10(16(4-2)15-9)11(17)14-12(8-13)5-6-12/h7H,3-6,8H2,1-2H3,(H,14,17). The summed E-state index contributed by atoms with van der Waals surface area (Å²) in [5.74, 6) is -0.00370. The van der Waals surface area contributed by atoms with Gasteiger partial charge in [0.1, 0.15) is 5.69 Å². The van der Waals surface area contributed by atoms with Crippen LogP contribution in [0.3, 0.4) is 0 Å². The highest BCUT2D eigenvalue weighted by Crippen LogP contribution is 2.37. The minimum absolute atomic E-state index is 0.00370. The van der Waals surface area contributed by atoms with E-state index in [1.54, 1.807) is 4.68 Å². The van der Waals surface area contributed by atoms with E-state index in [9.17, 15) is 4.79 Å². The van der Waals surface area contributed by atoms with Gasteiger partial charge in [-0.3, -0.25) is 9.48 Å². The van der Waals surface area contributed by atoms with Crippen molar-refractivity contribution < 1.29 is 4.79 Å². The molecule has 4 nitrogen and oxygen atoms in total. The first-order valence-electron chi connectivity index (χ1n) is 6.09. The second kappa shape index (κ2) is 4.80. The van der Waals surface area contributed by atoms with Crippen LogP contribution in [0.25, 0.3) is 0 Å². The number of hydrogen-bond donors (Lipinski definition) is 1. The average Bonchev–Trinajstić information content (AvgIpc) is 2.98. The van der Waals surface area contributed by atoms with Crippen LogP contribution in [-0.2, 0) is 13.0 Å². The van der Waals surface area contributed by atoms with Crippen LogP contribution in [0.4, 0.5) is 0 Å². The van der Waals surface area contributed by atoms with Gasteiger partial charge in [-0.1, -0.05) is 22.9 Å². The Labute approximate surface area is 110 Å². The molecule has 0 radical (unpaired) electrons. The van der Waals surface area contributed by atoms with Crippen LogP contribution in [0.5, 0.6) is 0 Å². The third-order valence-corrected chi connectivity index (χ3v) is 4.29. The predicted octanol–water partition coefficient (Wildman–Crippen LogP) is 2.12. The van der Waals surface area contributed by atoms with Crippen LogP contribution in [-0.4, -0.2) is 26.6 Å². The van der Waals surface area contributed by atoms with Crippen LogP contribution >= 0.6 is 15.9 Å². The maximum Gasteiger partial charge on any atom is 0.270 e. The number of alkyl halides is 1. The highest BCUT2D eigenvalue weighted by Gasteiger charge is 2.43. The van der Waals surface area contributed by atoms with Crippen molar-refractivity contribution in [3.8, 4) is 0 Å². The van der Waals surface area contributed by atoms with Crippen molar-refractivity contribution in [1.82, 2.24) is 15.1 Å². The van der Waals surface area contributed by atoms with Crippen molar-refractivity contribution in [2.24, 2.45) is 0 Å². The molecular weight excluding hydrogens is 282 g/mol. The van der Waals surface area contributed by atoms with Crippen molar-refractivity contribution >= 4 is 21.8 Å². The van der Waals surface area contributed by atoms with Crippen molar-refractivity contribution in [2.45, 2.75) is 45.2 Å². The van der Waals surface area contributed by atoms with Gasteiger partial charge < -0.3 is 5.32 Å². The molecule has 0 atom stereocenters. The Morgan fingerprint density at radius 3 is 2.76 bits per heavy atom. The van der Waals surface area contributed by atoms with Gasteiger partial charge in [0.25, 0.3) is 5.91 Å². The summed E-state index contributed by atoms with van der Waals surface area (Å²) in [6.07, 6.45) is 2.98. The number of aryl methyl sites for hydroxylation is 2. The van der Waals surface area contributed by atoms with Gasteiger partial charge >= 0.3 is 0 Å². The van der Waals surface area contributed by atoms with Crippen LogP contribution in [0.2, 0.25) is 0 Å². The molecular formula is C12H18BrN3O. The Kier molecular flexibility index (Phi) is 3.56. The molecule has 1 aromatic rings. The van der Waals surface area contributed by atoms with Gasteiger partial charge in [0.2, 0.25) is 0 Å². The minimum atomic E-state index is -0.00764. The molecule has 17 heavy (non-hydrogen) atoms. The molecule has 1 fully saturated rings. The molecule has 94 valence electrons. The van der Waals surface area contributed by atoms with Crippen molar-refractivity contribution in [2.75, 3.05) is 5.33 Å². The lowest BCUT2D eigenvalue weighted by Gasteiger charge is -2.14. The second-order valence-corrected chi connectivity index (χ2v) is 5.12. The van der Waals surface area contributed by atoms with E-state index in [-0.39, 0.29) is 11.4 Å². The molecule has 0 unspecified atom stereocenters. The molecule has 0 aliphatic heterocycles. The summed E-state index contributed by atoms with van der Waals surface area (Å²) in [6, 6.07) is 1.89. The van der Waals surface area contributed by atoms with Crippen molar-refractivity contribution in [3.05, 3.63) is 17.5 Å². The highest BCUT2D eigenvalue weighted by molar-refractivity contribution is 9.09. The summed E-state index contributed by atoms with van der Waals surface area (Å²) in [6.45, 7) is 4.77. The molecule has 2 rings (SSSR count). The minimum Gasteiger partial charge on any atom is -0.344 e. The average molecular weight is 300 g/mol. The lowest BCUT2D eigenvalue weighted by atomic mass is 10.2. The summed E-state index contributed by atoms with van der Waals surface area (Å²) in [4.78, 5) is 12.2. The summed E-state index contributed by atoms with van der Waals surface area (Å²) in [7, 11) is 0. The number of hydrogen-bond acceptors (Lipinski definition) is 2. The zero-order valence-electron chi connectivity index (χ0n) is 10.3. The molecule has 0 bridgehead atoms. The number of halogens is 1. The Morgan fingerprint density at radius 1 is 1.59 bits per heavy atom. The Bertz CT molecular complexity index is 423. The van der Waals surface area contributed by atoms with Crippen molar-refractivity contribution in [3.63, 3.8) is 0 Å². The lowest BCUT2D eigenvalue weighted by molar-refractivity contribution is 0.0925. The quantitative estimate of drug-likeness (QED) is 0.847. The first-order chi connectivity index (χ1) is 8.14. The summed E-state index contributed by atoms with van der Waals surface area (Å²) >= 11 is 3.45. The fraction of sp³-hybridized carbons (Fsp3) is 0.667. The largest absolute Gasteiger partial charge is 0.344 e. The van der Waals surface area contributed by atoms with E-state index in [2.05, 4.69) is 26.3 Å². The fourth-order valence-electron chi connectivity index (χ4n) is 1.81. The number of aromatic nitrogens is 2. The lowest BCUT2D eigenvalue weighted by Crippen LogP contribution is -2.39. The van der Waals surface area contributed by atoms with Crippen molar-refractivity contribution in [1.29, 1.82) is 0 Å². The molecule has 1 aliphatic rings. The van der Waals surface area contributed by atoms with E-state index in [0.717, 1.165) is 36.8 Å². The smallest absolute Gasteiger partial charge is 0.270 e.